The molecule has 4 rings (SSSR count). The van der Waals surface area contributed by atoms with Gasteiger partial charge in [0, 0.05) is 11.9 Å². The number of nitrogens with one attached hydrogen (secondary N) is 1. The lowest BCUT2D eigenvalue weighted by Gasteiger charge is -2.25. The minimum absolute atomic E-state index is 0.209. The summed E-state index contributed by atoms with van der Waals surface area (Å²) in [4.78, 5) is 27.6. The second kappa shape index (κ2) is 9.97. The van der Waals surface area contributed by atoms with Crippen LogP contribution in [0.15, 0.2) is 51.8 Å². The molecular formula is C24H31N2O8P. The Morgan fingerprint density at radius 1 is 1.09 bits per heavy atom. The monoisotopic (exact) mass is 506 g/mol. The van der Waals surface area contributed by atoms with Gasteiger partial charge in [0.1, 0.15) is 18.3 Å². The van der Waals surface area contributed by atoms with Crippen LogP contribution in [0.3, 0.4) is 0 Å². The van der Waals surface area contributed by atoms with E-state index in [0.29, 0.717) is 11.3 Å². The van der Waals surface area contributed by atoms with Crippen molar-refractivity contribution in [3.05, 3.63) is 68.6 Å². The maximum Gasteiger partial charge on any atom is 0.353 e. The van der Waals surface area contributed by atoms with Gasteiger partial charge < -0.3 is 23.3 Å². The molecule has 0 unspecified atom stereocenters. The van der Waals surface area contributed by atoms with Crippen molar-refractivity contribution in [1.29, 1.82) is 0 Å². The molecule has 10 nitrogen and oxygen atoms in total. The first-order chi connectivity index (χ1) is 16.6. The minimum Gasteiger partial charge on any atom is -0.345 e. The van der Waals surface area contributed by atoms with Crippen LogP contribution in [0.4, 0.5) is 0 Å². The van der Waals surface area contributed by atoms with E-state index in [-0.39, 0.29) is 13.2 Å². The van der Waals surface area contributed by atoms with Gasteiger partial charge in [-0.1, -0.05) is 29.8 Å². The molecule has 2 aliphatic heterocycles. The maximum absolute atomic E-state index is 13.1. The molecule has 190 valence electrons. The highest BCUT2D eigenvalue weighted by Gasteiger charge is 2.56. The highest BCUT2D eigenvalue weighted by atomic mass is 31.2. The van der Waals surface area contributed by atoms with Crippen LogP contribution in [0, 0.1) is 6.92 Å². The minimum atomic E-state index is -3.48. The summed E-state index contributed by atoms with van der Waals surface area (Å²) in [6.45, 7) is 9.36. The Balaban J connectivity index is 1.76. The van der Waals surface area contributed by atoms with Crippen molar-refractivity contribution in [2.75, 3.05) is 13.2 Å². The number of ether oxygens (including phenoxy) is 3. The summed E-state index contributed by atoms with van der Waals surface area (Å²) in [6, 6.07) is 8.81. The number of aryl methyl sites for hydroxylation is 1. The van der Waals surface area contributed by atoms with Crippen molar-refractivity contribution in [2.24, 2.45) is 0 Å². The third-order valence-electron chi connectivity index (χ3n) is 5.72. The lowest BCUT2D eigenvalue weighted by Crippen LogP contribution is -2.38. The van der Waals surface area contributed by atoms with Gasteiger partial charge in [-0.3, -0.25) is 18.9 Å². The van der Waals surface area contributed by atoms with E-state index in [9.17, 15) is 14.2 Å². The van der Waals surface area contributed by atoms with Crippen molar-refractivity contribution in [1.82, 2.24) is 9.55 Å². The van der Waals surface area contributed by atoms with Crippen molar-refractivity contribution in [3.8, 4) is 11.3 Å². The summed E-state index contributed by atoms with van der Waals surface area (Å²) in [5.41, 5.74) is 0.940. The zero-order chi connectivity index (χ0) is 25.4. The summed E-state index contributed by atoms with van der Waals surface area (Å²) in [5.74, 6) is 0.415. The van der Waals surface area contributed by atoms with Gasteiger partial charge in [-0.25, -0.2) is 4.79 Å². The number of rotatable bonds is 8. The molecule has 2 aliphatic rings. The molecule has 1 aromatic carbocycles. The van der Waals surface area contributed by atoms with Crippen LogP contribution in [-0.2, 0) is 27.8 Å². The lowest BCUT2D eigenvalue weighted by atomic mass is 10.1. The predicted molar refractivity (Wildman–Crippen MR) is 129 cm³/mol. The van der Waals surface area contributed by atoms with E-state index >= 15 is 0 Å². The number of hydrogen-bond acceptors (Lipinski definition) is 8. The fourth-order valence-corrected chi connectivity index (χ4v) is 5.69. The molecule has 11 heteroatoms. The van der Waals surface area contributed by atoms with Crippen molar-refractivity contribution >= 4 is 7.60 Å². The zero-order valence-electron chi connectivity index (χ0n) is 20.4. The lowest BCUT2D eigenvalue weighted by molar-refractivity contribution is -0.191. The topological polar surface area (TPSA) is 118 Å². The SMILES string of the molecule is CCOP(=O)(/C=C/[C@H]1O[C@@H](n2c(-c3ccc(C)cc3)cc(=O)[nH]c2=O)[C@@H]2OC(C)(C)O[C@@H]21)OCC. The summed E-state index contributed by atoms with van der Waals surface area (Å²) in [5, 5.41) is 0. The average molecular weight is 506 g/mol. The van der Waals surface area contributed by atoms with Gasteiger partial charge in [-0.05, 0) is 46.3 Å². The second-order valence-corrected chi connectivity index (χ2v) is 10.7. The number of aromatic nitrogens is 2. The van der Waals surface area contributed by atoms with Gasteiger partial charge in [0.2, 0.25) is 0 Å². The quantitative estimate of drug-likeness (QED) is 0.539. The average Bonchev–Trinajstić information content (AvgIpc) is 3.26. The van der Waals surface area contributed by atoms with Crippen LogP contribution in [0.2, 0.25) is 0 Å². The van der Waals surface area contributed by atoms with E-state index in [4.69, 9.17) is 23.3 Å². The molecule has 1 N–H and O–H groups in total. The van der Waals surface area contributed by atoms with E-state index in [2.05, 4.69) is 4.98 Å². The van der Waals surface area contributed by atoms with E-state index in [0.717, 1.165) is 5.56 Å². The van der Waals surface area contributed by atoms with E-state index in [1.54, 1.807) is 33.8 Å². The summed E-state index contributed by atoms with van der Waals surface area (Å²) in [7, 11) is -3.48. The third-order valence-corrected chi connectivity index (χ3v) is 7.49. The Hall–Kier alpha value is -2.33. The Bertz CT molecular complexity index is 1240. The van der Waals surface area contributed by atoms with Gasteiger partial charge in [0.25, 0.3) is 5.56 Å². The fourth-order valence-electron chi connectivity index (χ4n) is 4.35. The molecule has 0 bridgehead atoms. The molecule has 0 amide bonds. The number of fused-ring (bicyclic) bond motifs is 1. The fraction of sp³-hybridized carbons (Fsp3) is 0.500. The Morgan fingerprint density at radius 2 is 1.71 bits per heavy atom. The molecule has 0 saturated carbocycles. The van der Waals surface area contributed by atoms with Crippen LogP contribution in [0.5, 0.6) is 0 Å². The second-order valence-electron chi connectivity index (χ2n) is 8.83. The van der Waals surface area contributed by atoms with Gasteiger partial charge in [-0.15, -0.1) is 0 Å². The van der Waals surface area contributed by atoms with Gasteiger partial charge in [-0.2, -0.15) is 0 Å². The number of aromatic amines is 1. The molecule has 0 radical (unpaired) electrons. The van der Waals surface area contributed by atoms with Crippen molar-refractivity contribution in [3.63, 3.8) is 0 Å². The Morgan fingerprint density at radius 3 is 2.34 bits per heavy atom. The summed E-state index contributed by atoms with van der Waals surface area (Å²) < 4.78 is 43.4. The van der Waals surface area contributed by atoms with E-state index in [1.807, 2.05) is 31.2 Å². The Labute approximate surface area is 203 Å². The molecule has 4 atom stereocenters. The van der Waals surface area contributed by atoms with Crippen LogP contribution in [0.25, 0.3) is 11.3 Å². The van der Waals surface area contributed by atoms with Crippen LogP contribution >= 0.6 is 7.60 Å². The van der Waals surface area contributed by atoms with Crippen LogP contribution in [-0.4, -0.2) is 46.9 Å². The van der Waals surface area contributed by atoms with Crippen molar-refractivity contribution in [2.45, 2.75) is 64.9 Å². The molecule has 0 aliphatic carbocycles. The van der Waals surface area contributed by atoms with Crippen molar-refractivity contribution < 1.29 is 27.8 Å². The highest BCUT2D eigenvalue weighted by Crippen LogP contribution is 2.51. The number of hydrogen-bond donors (Lipinski definition) is 1. The standard InChI is InChI=1S/C24H31N2O8P/c1-6-30-35(29,31-7-2)13-12-18-20-21(34-24(4,5)33-20)22(32-18)26-17(14-19(27)25-23(26)28)16-10-8-15(3)9-11-16/h8-14,18,20-22H,6-7H2,1-5H3,(H,25,27,28)/b13-12+/t18-,20-,21-,22-/m1/s1. The molecule has 0 spiro atoms. The number of nitrogens with zero attached hydrogens (tertiary/aromatic N) is 1. The zero-order valence-corrected chi connectivity index (χ0v) is 21.3. The predicted octanol–water partition coefficient (Wildman–Crippen LogP) is 3.71. The summed E-state index contributed by atoms with van der Waals surface area (Å²) in [6.07, 6.45) is -1.35. The van der Waals surface area contributed by atoms with Gasteiger partial charge >= 0.3 is 13.3 Å². The van der Waals surface area contributed by atoms with Gasteiger partial charge in [0.15, 0.2) is 12.0 Å². The third kappa shape index (κ3) is 5.43. The first-order valence-electron chi connectivity index (χ1n) is 11.6. The van der Waals surface area contributed by atoms with Crippen LogP contribution in [0.1, 0.15) is 39.5 Å². The first kappa shape index (κ1) is 25.8. The molecule has 35 heavy (non-hydrogen) atoms. The molecule has 1 aromatic heterocycles. The first-order valence-corrected chi connectivity index (χ1v) is 13.2. The molecular weight excluding hydrogens is 475 g/mol. The normalized spacial score (nSPS) is 25.9. The molecule has 2 fully saturated rings. The largest absolute Gasteiger partial charge is 0.353 e. The number of H-pyrrole nitrogens is 1. The maximum atomic E-state index is 13.1. The molecule has 2 saturated heterocycles. The smallest absolute Gasteiger partial charge is 0.345 e. The van der Waals surface area contributed by atoms with Crippen LogP contribution < -0.4 is 11.2 Å². The van der Waals surface area contributed by atoms with E-state index in [1.165, 1.54) is 16.5 Å². The Kier molecular flexibility index (Phi) is 7.33. The van der Waals surface area contributed by atoms with Gasteiger partial charge in [0.05, 0.1) is 18.9 Å². The summed E-state index contributed by atoms with van der Waals surface area (Å²) >= 11 is 0. The number of benzene rings is 1. The molecule has 3 heterocycles. The highest BCUT2D eigenvalue weighted by molar-refractivity contribution is 7.57. The van der Waals surface area contributed by atoms with E-state index < -0.39 is 49.2 Å². The molecule has 2 aromatic rings.